The number of amides is 1. The first-order valence-corrected chi connectivity index (χ1v) is 8.31. The Morgan fingerprint density at radius 1 is 1.30 bits per heavy atom. The predicted molar refractivity (Wildman–Crippen MR) is 89.2 cm³/mol. The first-order valence-electron chi connectivity index (χ1n) is 8.31. The molecule has 5 nitrogen and oxygen atoms in total. The minimum atomic E-state index is -0.148. The van der Waals surface area contributed by atoms with Gasteiger partial charge in [-0.25, -0.2) is 0 Å². The Bertz CT molecular complexity index is 631. The van der Waals surface area contributed by atoms with Crippen molar-refractivity contribution >= 4 is 5.91 Å². The Labute approximate surface area is 136 Å². The van der Waals surface area contributed by atoms with Crippen molar-refractivity contribution in [3.05, 3.63) is 42.1 Å². The average molecular weight is 313 g/mol. The Morgan fingerprint density at radius 3 is 2.74 bits per heavy atom. The van der Waals surface area contributed by atoms with Crippen molar-refractivity contribution in [2.75, 3.05) is 19.6 Å². The zero-order chi connectivity index (χ0) is 16.1. The summed E-state index contributed by atoms with van der Waals surface area (Å²) in [4.78, 5) is 14.8. The molecule has 1 aromatic carbocycles. The van der Waals surface area contributed by atoms with E-state index in [1.165, 1.54) is 6.42 Å². The standard InChI is InChI=1S/C18H23N3O2/c1-2-10-21-11-8-15(9-12-21)19-18(22)16-13-17(23-20-16)14-6-4-3-5-7-14/h3-7,13,15H,2,8-12H2,1H3,(H,19,22). The summed E-state index contributed by atoms with van der Waals surface area (Å²) in [6.45, 7) is 5.44. The summed E-state index contributed by atoms with van der Waals surface area (Å²) in [6, 6.07) is 11.6. The second-order valence-electron chi connectivity index (χ2n) is 6.03. The number of piperidine rings is 1. The summed E-state index contributed by atoms with van der Waals surface area (Å²) >= 11 is 0. The topological polar surface area (TPSA) is 58.4 Å². The van der Waals surface area contributed by atoms with E-state index in [1.54, 1.807) is 6.07 Å². The van der Waals surface area contributed by atoms with Gasteiger partial charge in [0.2, 0.25) is 0 Å². The Balaban J connectivity index is 1.56. The highest BCUT2D eigenvalue weighted by Crippen LogP contribution is 2.20. The number of likely N-dealkylation sites (tertiary alicyclic amines) is 1. The number of nitrogens with one attached hydrogen (secondary N) is 1. The number of nitrogens with zero attached hydrogens (tertiary/aromatic N) is 2. The van der Waals surface area contributed by atoms with Crippen molar-refractivity contribution in [2.24, 2.45) is 0 Å². The first-order chi connectivity index (χ1) is 11.3. The summed E-state index contributed by atoms with van der Waals surface area (Å²) in [6.07, 6.45) is 3.17. The maximum atomic E-state index is 12.3. The van der Waals surface area contributed by atoms with E-state index >= 15 is 0 Å². The molecule has 2 heterocycles. The molecule has 0 radical (unpaired) electrons. The lowest BCUT2D eigenvalue weighted by atomic mass is 10.0. The fourth-order valence-electron chi connectivity index (χ4n) is 3.00. The van der Waals surface area contributed by atoms with Crippen molar-refractivity contribution in [1.29, 1.82) is 0 Å². The number of carbonyl (C=O) groups excluding carboxylic acids is 1. The highest BCUT2D eigenvalue weighted by Gasteiger charge is 2.22. The van der Waals surface area contributed by atoms with Crippen molar-refractivity contribution in [1.82, 2.24) is 15.4 Å². The number of rotatable bonds is 5. The van der Waals surface area contributed by atoms with E-state index in [2.05, 4.69) is 22.3 Å². The summed E-state index contributed by atoms with van der Waals surface area (Å²) in [5.74, 6) is 0.471. The second kappa shape index (κ2) is 7.42. The summed E-state index contributed by atoms with van der Waals surface area (Å²) in [5.41, 5.74) is 1.27. The summed E-state index contributed by atoms with van der Waals surface area (Å²) in [7, 11) is 0. The van der Waals surface area contributed by atoms with Gasteiger partial charge in [0.25, 0.3) is 5.91 Å². The van der Waals surface area contributed by atoms with Gasteiger partial charge in [-0.1, -0.05) is 42.4 Å². The van der Waals surface area contributed by atoms with Gasteiger partial charge < -0.3 is 14.7 Å². The maximum Gasteiger partial charge on any atom is 0.273 e. The maximum absolute atomic E-state index is 12.3. The minimum absolute atomic E-state index is 0.148. The Kier molecular flexibility index (Phi) is 5.08. The van der Waals surface area contributed by atoms with E-state index in [1.807, 2.05) is 30.3 Å². The molecule has 23 heavy (non-hydrogen) atoms. The molecule has 5 heteroatoms. The van der Waals surface area contributed by atoms with E-state index in [4.69, 9.17) is 4.52 Å². The summed E-state index contributed by atoms with van der Waals surface area (Å²) < 4.78 is 5.29. The lowest BCUT2D eigenvalue weighted by Gasteiger charge is -2.31. The predicted octanol–water partition coefficient (Wildman–Crippen LogP) is 2.95. The van der Waals surface area contributed by atoms with Crippen LogP contribution in [0.4, 0.5) is 0 Å². The highest BCUT2D eigenvalue weighted by molar-refractivity contribution is 5.93. The van der Waals surface area contributed by atoms with Gasteiger partial charge in [0, 0.05) is 30.8 Å². The van der Waals surface area contributed by atoms with Crippen LogP contribution in [0.1, 0.15) is 36.7 Å². The summed E-state index contributed by atoms with van der Waals surface area (Å²) in [5, 5.41) is 6.98. The molecule has 122 valence electrons. The number of carbonyl (C=O) groups is 1. The van der Waals surface area contributed by atoms with Crippen LogP contribution in [0, 0.1) is 0 Å². The van der Waals surface area contributed by atoms with Crippen molar-refractivity contribution in [2.45, 2.75) is 32.2 Å². The third-order valence-corrected chi connectivity index (χ3v) is 4.26. The SMILES string of the molecule is CCCN1CCC(NC(=O)c2cc(-c3ccccc3)on2)CC1. The molecule has 0 unspecified atom stereocenters. The second-order valence-corrected chi connectivity index (χ2v) is 6.03. The molecule has 3 rings (SSSR count). The van der Waals surface area contributed by atoms with E-state index in [0.717, 1.165) is 38.0 Å². The van der Waals surface area contributed by atoms with Crippen LogP contribution >= 0.6 is 0 Å². The van der Waals surface area contributed by atoms with Gasteiger partial charge in [-0.3, -0.25) is 4.79 Å². The molecule has 1 fully saturated rings. The minimum Gasteiger partial charge on any atom is -0.355 e. The van der Waals surface area contributed by atoms with Crippen molar-refractivity contribution < 1.29 is 9.32 Å². The zero-order valence-corrected chi connectivity index (χ0v) is 13.5. The third-order valence-electron chi connectivity index (χ3n) is 4.26. The number of benzene rings is 1. The van der Waals surface area contributed by atoms with Gasteiger partial charge in [-0.05, 0) is 25.8 Å². The molecule has 1 saturated heterocycles. The molecule has 1 aromatic heterocycles. The van der Waals surface area contributed by atoms with Crippen LogP contribution < -0.4 is 5.32 Å². The molecule has 0 atom stereocenters. The van der Waals surface area contributed by atoms with Crippen LogP contribution in [0.5, 0.6) is 0 Å². The molecular weight excluding hydrogens is 290 g/mol. The smallest absolute Gasteiger partial charge is 0.273 e. The largest absolute Gasteiger partial charge is 0.355 e. The van der Waals surface area contributed by atoms with E-state index in [0.29, 0.717) is 11.5 Å². The fourth-order valence-corrected chi connectivity index (χ4v) is 3.00. The lowest BCUT2D eigenvalue weighted by molar-refractivity contribution is 0.0902. The number of hydrogen-bond donors (Lipinski definition) is 1. The molecule has 1 N–H and O–H groups in total. The van der Waals surface area contributed by atoms with Gasteiger partial charge in [0.1, 0.15) is 0 Å². The van der Waals surface area contributed by atoms with Gasteiger partial charge in [0.15, 0.2) is 11.5 Å². The lowest BCUT2D eigenvalue weighted by Crippen LogP contribution is -2.44. The van der Waals surface area contributed by atoms with Crippen molar-refractivity contribution in [3.63, 3.8) is 0 Å². The van der Waals surface area contributed by atoms with Crippen LogP contribution in [-0.4, -0.2) is 41.6 Å². The monoisotopic (exact) mass is 313 g/mol. The average Bonchev–Trinajstić information content (AvgIpc) is 3.08. The van der Waals surface area contributed by atoms with Gasteiger partial charge in [0.05, 0.1) is 0 Å². The van der Waals surface area contributed by atoms with E-state index in [9.17, 15) is 4.79 Å². The molecular formula is C18H23N3O2. The van der Waals surface area contributed by atoms with Crippen LogP contribution in [0.3, 0.4) is 0 Å². The van der Waals surface area contributed by atoms with Gasteiger partial charge in [-0.2, -0.15) is 0 Å². The molecule has 2 aromatic rings. The van der Waals surface area contributed by atoms with Gasteiger partial charge >= 0.3 is 0 Å². The van der Waals surface area contributed by atoms with Crippen molar-refractivity contribution in [3.8, 4) is 11.3 Å². The number of hydrogen-bond acceptors (Lipinski definition) is 4. The first kappa shape index (κ1) is 15.7. The third kappa shape index (κ3) is 3.99. The molecule has 0 bridgehead atoms. The quantitative estimate of drug-likeness (QED) is 0.922. The van der Waals surface area contributed by atoms with Crippen LogP contribution in [-0.2, 0) is 0 Å². The molecule has 0 aliphatic carbocycles. The number of aromatic nitrogens is 1. The Morgan fingerprint density at radius 2 is 2.04 bits per heavy atom. The zero-order valence-electron chi connectivity index (χ0n) is 13.5. The van der Waals surface area contributed by atoms with E-state index < -0.39 is 0 Å². The fraction of sp³-hybridized carbons (Fsp3) is 0.444. The molecule has 0 saturated carbocycles. The van der Waals surface area contributed by atoms with Crippen LogP contribution in [0.2, 0.25) is 0 Å². The molecule has 1 amide bonds. The molecule has 1 aliphatic heterocycles. The van der Waals surface area contributed by atoms with Crippen LogP contribution in [0.15, 0.2) is 40.9 Å². The van der Waals surface area contributed by atoms with E-state index in [-0.39, 0.29) is 11.9 Å². The normalized spacial score (nSPS) is 16.4. The van der Waals surface area contributed by atoms with Gasteiger partial charge in [-0.15, -0.1) is 0 Å². The molecule has 0 spiro atoms. The van der Waals surface area contributed by atoms with Crippen LogP contribution in [0.25, 0.3) is 11.3 Å². The highest BCUT2D eigenvalue weighted by atomic mass is 16.5. The molecule has 1 aliphatic rings. The Hall–Kier alpha value is -2.14.